The van der Waals surface area contributed by atoms with E-state index in [-0.39, 0.29) is 0 Å². The van der Waals surface area contributed by atoms with E-state index in [9.17, 15) is 15.8 Å². The fourth-order valence-corrected chi connectivity index (χ4v) is 4.71. The van der Waals surface area contributed by atoms with Gasteiger partial charge in [0.05, 0.1) is 31.2 Å². The molecule has 0 radical (unpaired) electrons. The average Bonchev–Trinajstić information content (AvgIpc) is 2.78. The molecule has 3 fully saturated rings. The number of ether oxygens (including phenoxy) is 3. The summed E-state index contributed by atoms with van der Waals surface area (Å²) >= 11 is 0. The van der Waals surface area contributed by atoms with E-state index in [4.69, 9.17) is 19.6 Å². The zero-order valence-corrected chi connectivity index (χ0v) is 16.4. The van der Waals surface area contributed by atoms with Gasteiger partial charge in [-0.2, -0.15) is 15.8 Å². The molecule has 2 bridgehead atoms. The van der Waals surface area contributed by atoms with Gasteiger partial charge in [0, 0.05) is 6.92 Å². The van der Waals surface area contributed by atoms with Crippen LogP contribution in [-0.4, -0.2) is 18.8 Å². The maximum absolute atomic E-state index is 10.3. The van der Waals surface area contributed by atoms with Crippen molar-refractivity contribution in [1.82, 2.24) is 0 Å². The molecule has 3 saturated heterocycles. The summed E-state index contributed by atoms with van der Waals surface area (Å²) in [6, 6.07) is 22.0. The number of benzene rings is 2. The maximum Gasteiger partial charge on any atom is 0.219 e. The summed E-state index contributed by atoms with van der Waals surface area (Å²) in [6.07, 6.45) is -1.04. The molecule has 3 heterocycles. The Morgan fingerprint density at radius 2 is 1.57 bits per heavy atom. The number of methoxy groups -OCH3 is 1. The summed E-state index contributed by atoms with van der Waals surface area (Å²) in [6.45, 7) is 1.61. The van der Waals surface area contributed by atoms with E-state index in [0.717, 1.165) is 0 Å². The molecule has 0 spiro atoms. The highest BCUT2D eigenvalue weighted by atomic mass is 16.7. The number of nitrogens with zero attached hydrogens (tertiary/aromatic N) is 3. The molecule has 0 amide bonds. The van der Waals surface area contributed by atoms with Crippen molar-refractivity contribution in [2.75, 3.05) is 7.11 Å². The molecule has 0 unspecified atom stereocenters. The molecule has 0 aliphatic carbocycles. The lowest BCUT2D eigenvalue weighted by Gasteiger charge is -2.61. The Labute approximate surface area is 174 Å². The second kappa shape index (κ2) is 6.59. The average molecular weight is 398 g/mol. The van der Waals surface area contributed by atoms with Crippen molar-refractivity contribution in [2.24, 2.45) is 10.8 Å². The second-order valence-corrected chi connectivity index (χ2v) is 7.51. The maximum atomic E-state index is 10.3. The van der Waals surface area contributed by atoms with Gasteiger partial charge in [0.2, 0.25) is 11.7 Å². The van der Waals surface area contributed by atoms with E-state index in [1.807, 2.05) is 6.07 Å². The Morgan fingerprint density at radius 1 is 0.933 bits per heavy atom. The minimum absolute atomic E-state index is 0.435. The molecular formula is C23H18N4O3. The van der Waals surface area contributed by atoms with Crippen LogP contribution < -0.4 is 4.74 Å². The number of nitriles is 3. The minimum Gasteiger partial charge on any atom is -0.497 e. The van der Waals surface area contributed by atoms with Gasteiger partial charge in [0.1, 0.15) is 11.9 Å². The van der Waals surface area contributed by atoms with Gasteiger partial charge in [-0.1, -0.05) is 42.5 Å². The number of fused-ring (bicyclic) bond motifs is 3. The van der Waals surface area contributed by atoms with E-state index in [2.05, 4.69) is 18.2 Å². The summed E-state index contributed by atoms with van der Waals surface area (Å²) in [4.78, 5) is 0. The molecule has 1 N–H and O–H groups in total. The van der Waals surface area contributed by atoms with Gasteiger partial charge in [-0.15, -0.1) is 0 Å². The van der Waals surface area contributed by atoms with Gasteiger partial charge in [0.15, 0.2) is 10.8 Å². The summed E-state index contributed by atoms with van der Waals surface area (Å²) in [5, 5.41) is 39.5. The van der Waals surface area contributed by atoms with Crippen LogP contribution in [-0.2, 0) is 9.47 Å². The topological polar surface area (TPSA) is 123 Å². The molecular weight excluding hydrogens is 380 g/mol. The zero-order valence-electron chi connectivity index (χ0n) is 16.4. The third-order valence-electron chi connectivity index (χ3n) is 6.07. The van der Waals surface area contributed by atoms with E-state index in [0.29, 0.717) is 16.9 Å². The number of hydrogen-bond donors (Lipinski definition) is 1. The summed E-state index contributed by atoms with van der Waals surface area (Å²) < 4.78 is 17.3. The quantitative estimate of drug-likeness (QED) is 0.838. The lowest BCUT2D eigenvalue weighted by Crippen LogP contribution is -2.70. The molecule has 0 saturated carbocycles. The molecule has 0 aromatic heterocycles. The monoisotopic (exact) mass is 398 g/mol. The minimum atomic E-state index is -1.96. The van der Waals surface area contributed by atoms with Gasteiger partial charge in [-0.3, -0.25) is 5.41 Å². The van der Waals surface area contributed by atoms with Crippen molar-refractivity contribution in [3.8, 4) is 24.0 Å². The molecule has 2 aromatic rings. The molecule has 7 heteroatoms. The largest absolute Gasteiger partial charge is 0.497 e. The summed E-state index contributed by atoms with van der Waals surface area (Å²) in [7, 11) is 1.54. The van der Waals surface area contributed by atoms with E-state index in [1.165, 1.54) is 7.11 Å². The van der Waals surface area contributed by atoms with Gasteiger partial charge < -0.3 is 14.2 Å². The molecule has 3 aliphatic heterocycles. The Hall–Kier alpha value is -3.86. The van der Waals surface area contributed by atoms with Gasteiger partial charge in [-0.25, -0.2) is 0 Å². The Bertz CT molecular complexity index is 1110. The predicted molar refractivity (Wildman–Crippen MR) is 105 cm³/mol. The van der Waals surface area contributed by atoms with Crippen LogP contribution in [0.3, 0.4) is 0 Å². The molecule has 148 valence electrons. The first-order valence-electron chi connectivity index (χ1n) is 9.31. The van der Waals surface area contributed by atoms with Crippen molar-refractivity contribution in [2.45, 2.75) is 24.7 Å². The second-order valence-electron chi connectivity index (χ2n) is 7.51. The van der Waals surface area contributed by atoms with Gasteiger partial charge in [0.25, 0.3) is 0 Å². The standard InChI is InChI=1S/C23H18N4O3/c1-21-18(15-6-4-3-5-7-15)22(12-24,13-25)23(14-26,20(27)30-21)19(29-21)16-8-10-17(28-2)11-9-16/h3-11,18-19,27H,1-2H3/t18-,19+,21+,23+/m1/s1. The van der Waals surface area contributed by atoms with Crippen LogP contribution in [0.2, 0.25) is 0 Å². The normalized spacial score (nSPS) is 31.0. The smallest absolute Gasteiger partial charge is 0.219 e. The molecule has 2 aromatic carbocycles. The Morgan fingerprint density at radius 3 is 2.10 bits per heavy atom. The third kappa shape index (κ3) is 2.23. The van der Waals surface area contributed by atoms with Crippen molar-refractivity contribution in [3.63, 3.8) is 0 Å². The molecule has 5 rings (SSSR count). The molecule has 4 atom stereocenters. The first-order valence-corrected chi connectivity index (χ1v) is 9.31. The fraction of sp³-hybridized carbons (Fsp3) is 0.304. The van der Waals surface area contributed by atoms with Crippen LogP contribution in [0.25, 0.3) is 0 Å². The number of rotatable bonds is 3. The van der Waals surface area contributed by atoms with Crippen LogP contribution in [0, 0.1) is 50.2 Å². The number of hydrogen-bond acceptors (Lipinski definition) is 7. The van der Waals surface area contributed by atoms with Crippen molar-refractivity contribution < 1.29 is 14.2 Å². The highest BCUT2D eigenvalue weighted by Gasteiger charge is 2.79. The molecule has 30 heavy (non-hydrogen) atoms. The SMILES string of the molecule is COc1ccc([C@@H]2O[C@@]3(C)OC(=N)[C@@]2(C#N)C(C#N)(C#N)[C@@H]3c2ccccc2)cc1. The Balaban J connectivity index is 2.00. The predicted octanol–water partition coefficient (Wildman–Crippen LogP) is 3.82. The van der Waals surface area contributed by atoms with Gasteiger partial charge >= 0.3 is 0 Å². The van der Waals surface area contributed by atoms with Crippen molar-refractivity contribution >= 4 is 5.90 Å². The van der Waals surface area contributed by atoms with Crippen LogP contribution in [0.1, 0.15) is 30.1 Å². The summed E-state index contributed by atoms with van der Waals surface area (Å²) in [5.74, 6) is -2.22. The molecule has 7 nitrogen and oxygen atoms in total. The number of nitrogens with one attached hydrogen (secondary N) is 1. The van der Waals surface area contributed by atoms with E-state index < -0.39 is 34.5 Å². The lowest BCUT2D eigenvalue weighted by molar-refractivity contribution is -0.323. The Kier molecular flexibility index (Phi) is 4.28. The van der Waals surface area contributed by atoms with Crippen molar-refractivity contribution in [3.05, 3.63) is 65.7 Å². The molecule has 3 aliphatic rings. The van der Waals surface area contributed by atoms with E-state index >= 15 is 0 Å². The third-order valence-corrected chi connectivity index (χ3v) is 6.07. The van der Waals surface area contributed by atoms with Gasteiger partial charge in [-0.05, 0) is 23.3 Å². The van der Waals surface area contributed by atoms with Crippen molar-refractivity contribution in [1.29, 1.82) is 21.2 Å². The highest BCUT2D eigenvalue weighted by Crippen LogP contribution is 2.69. The van der Waals surface area contributed by atoms with Crippen LogP contribution in [0.15, 0.2) is 54.6 Å². The fourth-order valence-electron chi connectivity index (χ4n) is 4.71. The van der Waals surface area contributed by atoms with Crippen LogP contribution in [0.4, 0.5) is 0 Å². The van der Waals surface area contributed by atoms with E-state index in [1.54, 1.807) is 55.5 Å². The van der Waals surface area contributed by atoms with Crippen LogP contribution in [0.5, 0.6) is 5.75 Å². The first-order chi connectivity index (χ1) is 14.4. The lowest BCUT2D eigenvalue weighted by atomic mass is 9.49. The van der Waals surface area contributed by atoms with Crippen LogP contribution >= 0.6 is 0 Å². The summed E-state index contributed by atoms with van der Waals surface area (Å²) in [5.41, 5.74) is -2.68. The highest BCUT2D eigenvalue weighted by molar-refractivity contribution is 5.89. The first kappa shape index (κ1) is 19.5. The zero-order chi connectivity index (χ0) is 21.6.